The van der Waals surface area contributed by atoms with Gasteiger partial charge in [0.1, 0.15) is 5.69 Å². The summed E-state index contributed by atoms with van der Waals surface area (Å²) in [4.78, 5) is 24.9. The Morgan fingerprint density at radius 2 is 1.83 bits per heavy atom. The van der Waals surface area contributed by atoms with E-state index in [1.165, 1.54) is 17.8 Å². The van der Waals surface area contributed by atoms with Gasteiger partial charge in [0.2, 0.25) is 0 Å². The maximum Gasteiger partial charge on any atom is 0.354 e. The molecule has 1 saturated heterocycles. The highest BCUT2D eigenvalue weighted by Crippen LogP contribution is 2.13. The number of rotatable bonds is 2. The number of aryl methyl sites for hydroxylation is 1. The first-order chi connectivity index (χ1) is 8.59. The number of aromatic nitrogens is 2. The summed E-state index contributed by atoms with van der Waals surface area (Å²) in [5.41, 5.74) is 0.255. The Morgan fingerprint density at radius 3 is 2.33 bits per heavy atom. The van der Waals surface area contributed by atoms with Crippen molar-refractivity contribution in [1.29, 1.82) is 0 Å². The molecule has 6 nitrogen and oxygen atoms in total. The fourth-order valence-electron chi connectivity index (χ4n) is 2.21. The molecule has 1 aliphatic heterocycles. The molecule has 0 aromatic carbocycles. The average Bonchev–Trinajstić information content (AvgIpc) is 2.56. The summed E-state index contributed by atoms with van der Waals surface area (Å²) < 4.78 is 1.23. The van der Waals surface area contributed by atoms with Crippen molar-refractivity contribution in [3.8, 4) is 0 Å². The lowest BCUT2D eigenvalue weighted by Crippen LogP contribution is -2.32. The van der Waals surface area contributed by atoms with Gasteiger partial charge in [0, 0.05) is 26.2 Å². The van der Waals surface area contributed by atoms with Crippen molar-refractivity contribution in [2.24, 2.45) is 7.05 Å². The molecule has 1 amide bonds. The third-order valence-corrected chi connectivity index (χ3v) is 3.21. The topological polar surface area (TPSA) is 75.4 Å². The van der Waals surface area contributed by atoms with Gasteiger partial charge in [0.05, 0.1) is 0 Å². The lowest BCUT2D eigenvalue weighted by atomic mass is 10.2. The van der Waals surface area contributed by atoms with Crippen molar-refractivity contribution in [2.75, 3.05) is 13.1 Å². The number of likely N-dealkylation sites (tertiary alicyclic amines) is 1. The van der Waals surface area contributed by atoms with Crippen LogP contribution in [0.5, 0.6) is 0 Å². The van der Waals surface area contributed by atoms with E-state index in [4.69, 9.17) is 5.11 Å². The molecule has 0 atom stereocenters. The van der Waals surface area contributed by atoms with E-state index in [0.717, 1.165) is 38.8 Å². The quantitative estimate of drug-likeness (QED) is 0.855. The van der Waals surface area contributed by atoms with Crippen molar-refractivity contribution in [2.45, 2.75) is 25.7 Å². The predicted molar refractivity (Wildman–Crippen MR) is 64.5 cm³/mol. The lowest BCUT2D eigenvalue weighted by molar-refractivity contribution is 0.0684. The van der Waals surface area contributed by atoms with Gasteiger partial charge >= 0.3 is 5.97 Å². The largest absolute Gasteiger partial charge is 0.477 e. The maximum atomic E-state index is 12.2. The Labute approximate surface area is 105 Å². The standard InChI is InChI=1S/C12H17N3O3/c1-14-10(12(17)18)8-9(13-14)11(16)15-6-4-2-3-5-7-15/h8H,2-7H2,1H3,(H,17,18). The van der Waals surface area contributed by atoms with Crippen LogP contribution in [0.2, 0.25) is 0 Å². The highest BCUT2D eigenvalue weighted by molar-refractivity contribution is 5.95. The molecule has 0 bridgehead atoms. The number of carbonyl (C=O) groups is 2. The number of hydrogen-bond donors (Lipinski definition) is 1. The molecule has 2 heterocycles. The summed E-state index contributed by atoms with van der Waals surface area (Å²) >= 11 is 0. The van der Waals surface area contributed by atoms with E-state index >= 15 is 0 Å². The molecule has 0 saturated carbocycles. The van der Waals surface area contributed by atoms with Crippen molar-refractivity contribution in [3.63, 3.8) is 0 Å². The molecule has 0 spiro atoms. The fourth-order valence-corrected chi connectivity index (χ4v) is 2.21. The van der Waals surface area contributed by atoms with Crippen LogP contribution in [0, 0.1) is 0 Å². The summed E-state index contributed by atoms with van der Waals surface area (Å²) in [5.74, 6) is -1.24. The molecule has 1 aliphatic rings. The molecule has 98 valence electrons. The van der Waals surface area contributed by atoms with Crippen LogP contribution in [0.4, 0.5) is 0 Å². The second kappa shape index (κ2) is 5.20. The summed E-state index contributed by atoms with van der Waals surface area (Å²) in [6, 6.07) is 1.34. The van der Waals surface area contributed by atoms with Crippen LogP contribution in [0.25, 0.3) is 0 Å². The van der Waals surface area contributed by atoms with E-state index in [0.29, 0.717) is 0 Å². The Balaban J connectivity index is 2.17. The minimum Gasteiger partial charge on any atom is -0.477 e. The zero-order chi connectivity index (χ0) is 13.1. The van der Waals surface area contributed by atoms with Crippen LogP contribution in [0.15, 0.2) is 6.07 Å². The van der Waals surface area contributed by atoms with Gasteiger partial charge in [0.15, 0.2) is 5.69 Å². The first kappa shape index (κ1) is 12.6. The highest BCUT2D eigenvalue weighted by atomic mass is 16.4. The Bertz CT molecular complexity index is 459. The summed E-state index contributed by atoms with van der Waals surface area (Å²) in [7, 11) is 1.53. The van der Waals surface area contributed by atoms with Crippen molar-refractivity contribution < 1.29 is 14.7 Å². The molecule has 1 aromatic heterocycles. The van der Waals surface area contributed by atoms with Crippen LogP contribution < -0.4 is 0 Å². The van der Waals surface area contributed by atoms with Gasteiger partial charge in [-0.15, -0.1) is 0 Å². The summed E-state index contributed by atoms with van der Waals surface area (Å²) in [5, 5.41) is 12.9. The van der Waals surface area contributed by atoms with Crippen LogP contribution in [-0.4, -0.2) is 44.8 Å². The maximum absolute atomic E-state index is 12.2. The fraction of sp³-hybridized carbons (Fsp3) is 0.583. The number of nitrogens with zero attached hydrogens (tertiary/aromatic N) is 3. The van der Waals surface area contributed by atoms with Gasteiger partial charge in [-0.1, -0.05) is 12.8 Å². The number of carbonyl (C=O) groups excluding carboxylic acids is 1. The molecule has 1 aromatic rings. The van der Waals surface area contributed by atoms with E-state index < -0.39 is 5.97 Å². The molecule has 0 radical (unpaired) electrons. The van der Waals surface area contributed by atoms with Gasteiger partial charge in [-0.3, -0.25) is 9.48 Å². The van der Waals surface area contributed by atoms with Crippen LogP contribution in [-0.2, 0) is 7.05 Å². The van der Waals surface area contributed by atoms with E-state index in [1.54, 1.807) is 4.90 Å². The molecule has 0 unspecified atom stereocenters. The van der Waals surface area contributed by atoms with Crippen LogP contribution in [0.1, 0.15) is 46.7 Å². The third-order valence-electron chi connectivity index (χ3n) is 3.21. The van der Waals surface area contributed by atoms with E-state index in [-0.39, 0.29) is 17.3 Å². The van der Waals surface area contributed by atoms with Gasteiger partial charge in [-0.2, -0.15) is 5.10 Å². The minimum atomic E-state index is -1.07. The number of hydrogen-bond acceptors (Lipinski definition) is 3. The van der Waals surface area contributed by atoms with Gasteiger partial charge in [-0.25, -0.2) is 4.79 Å². The molecule has 2 rings (SSSR count). The van der Waals surface area contributed by atoms with Crippen molar-refractivity contribution in [3.05, 3.63) is 17.5 Å². The minimum absolute atomic E-state index is 0.0353. The first-order valence-electron chi connectivity index (χ1n) is 6.16. The smallest absolute Gasteiger partial charge is 0.354 e. The molecular weight excluding hydrogens is 234 g/mol. The van der Waals surface area contributed by atoms with Gasteiger partial charge < -0.3 is 10.0 Å². The lowest BCUT2D eigenvalue weighted by Gasteiger charge is -2.18. The summed E-state index contributed by atoms with van der Waals surface area (Å²) in [6.07, 6.45) is 4.30. The molecule has 6 heteroatoms. The highest BCUT2D eigenvalue weighted by Gasteiger charge is 2.22. The van der Waals surface area contributed by atoms with Crippen LogP contribution >= 0.6 is 0 Å². The second-order valence-corrected chi connectivity index (χ2v) is 4.55. The average molecular weight is 251 g/mol. The van der Waals surface area contributed by atoms with E-state index in [9.17, 15) is 9.59 Å². The zero-order valence-electron chi connectivity index (χ0n) is 10.4. The molecule has 1 N–H and O–H groups in total. The molecule has 18 heavy (non-hydrogen) atoms. The zero-order valence-corrected chi connectivity index (χ0v) is 10.4. The molecule has 1 fully saturated rings. The number of carboxylic acid groups (broad SMARTS) is 1. The predicted octanol–water partition coefficient (Wildman–Crippen LogP) is 1.13. The first-order valence-corrected chi connectivity index (χ1v) is 6.16. The van der Waals surface area contributed by atoms with Gasteiger partial charge in [0.25, 0.3) is 5.91 Å². The van der Waals surface area contributed by atoms with Crippen molar-refractivity contribution in [1.82, 2.24) is 14.7 Å². The molecular formula is C12H17N3O3. The SMILES string of the molecule is Cn1nc(C(=O)N2CCCCCC2)cc1C(=O)O. The molecule has 0 aliphatic carbocycles. The van der Waals surface area contributed by atoms with E-state index in [1.807, 2.05) is 0 Å². The number of carboxylic acids is 1. The monoisotopic (exact) mass is 251 g/mol. The Hall–Kier alpha value is -1.85. The number of amides is 1. The van der Waals surface area contributed by atoms with Crippen LogP contribution in [0.3, 0.4) is 0 Å². The Morgan fingerprint density at radius 1 is 1.22 bits per heavy atom. The van der Waals surface area contributed by atoms with E-state index in [2.05, 4.69) is 5.10 Å². The third kappa shape index (κ3) is 2.52. The van der Waals surface area contributed by atoms with Crippen molar-refractivity contribution >= 4 is 11.9 Å². The second-order valence-electron chi connectivity index (χ2n) is 4.55. The number of aromatic carboxylic acids is 1. The van der Waals surface area contributed by atoms with Gasteiger partial charge in [-0.05, 0) is 12.8 Å². The normalized spacial score (nSPS) is 16.4. The summed E-state index contributed by atoms with van der Waals surface area (Å²) in [6.45, 7) is 1.47. The Kier molecular flexibility index (Phi) is 3.64.